The van der Waals surface area contributed by atoms with Gasteiger partial charge in [-0.25, -0.2) is 0 Å². The van der Waals surface area contributed by atoms with Crippen LogP contribution in [0.25, 0.3) is 0 Å². The monoisotopic (exact) mass is 229 g/mol. The van der Waals surface area contributed by atoms with Gasteiger partial charge < -0.3 is 9.80 Å². The second-order valence-corrected chi connectivity index (χ2v) is 4.82. The summed E-state index contributed by atoms with van der Waals surface area (Å²) in [5, 5.41) is 8.89. The molecule has 1 saturated heterocycles. The Hall–Kier alpha value is -1.53. The molecule has 0 amide bonds. The van der Waals surface area contributed by atoms with E-state index in [1.54, 1.807) is 0 Å². The summed E-state index contributed by atoms with van der Waals surface area (Å²) < 4.78 is 0. The molecule has 3 heteroatoms. The predicted octanol–water partition coefficient (Wildman–Crippen LogP) is 2.09. The molecule has 0 aliphatic carbocycles. The lowest BCUT2D eigenvalue weighted by molar-refractivity contribution is 0.314. The molecule has 0 bridgehead atoms. The molecule has 90 valence electrons. The molecule has 0 saturated carbocycles. The van der Waals surface area contributed by atoms with Crippen LogP contribution in [0.3, 0.4) is 0 Å². The zero-order valence-electron chi connectivity index (χ0n) is 10.6. The van der Waals surface area contributed by atoms with Crippen molar-refractivity contribution in [2.75, 3.05) is 32.1 Å². The zero-order valence-corrected chi connectivity index (χ0v) is 10.6. The van der Waals surface area contributed by atoms with E-state index >= 15 is 0 Å². The SMILES string of the molecule is CN(CC1CCCN1C)c1cccc(C#N)c1. The second kappa shape index (κ2) is 5.20. The van der Waals surface area contributed by atoms with Crippen LogP contribution in [0.1, 0.15) is 18.4 Å². The molecule has 1 fully saturated rings. The third-order valence-corrected chi connectivity index (χ3v) is 3.57. The molecule has 1 aromatic rings. The van der Waals surface area contributed by atoms with Gasteiger partial charge in [0, 0.05) is 25.3 Å². The van der Waals surface area contributed by atoms with Gasteiger partial charge in [-0.05, 0) is 44.6 Å². The minimum Gasteiger partial charge on any atom is -0.373 e. The van der Waals surface area contributed by atoms with Gasteiger partial charge in [-0.15, -0.1) is 0 Å². The fraction of sp³-hybridized carbons (Fsp3) is 0.500. The molecule has 17 heavy (non-hydrogen) atoms. The van der Waals surface area contributed by atoms with E-state index < -0.39 is 0 Å². The van der Waals surface area contributed by atoms with Crippen LogP contribution in [0.5, 0.6) is 0 Å². The number of nitrogens with zero attached hydrogens (tertiary/aromatic N) is 3. The number of hydrogen-bond acceptors (Lipinski definition) is 3. The first-order valence-electron chi connectivity index (χ1n) is 6.12. The summed E-state index contributed by atoms with van der Waals surface area (Å²) in [5.41, 5.74) is 1.86. The van der Waals surface area contributed by atoms with E-state index in [1.165, 1.54) is 19.4 Å². The quantitative estimate of drug-likeness (QED) is 0.795. The molecular weight excluding hydrogens is 210 g/mol. The van der Waals surface area contributed by atoms with Crippen molar-refractivity contribution in [2.24, 2.45) is 0 Å². The van der Waals surface area contributed by atoms with E-state index in [0.29, 0.717) is 6.04 Å². The van der Waals surface area contributed by atoms with E-state index in [2.05, 4.69) is 36.0 Å². The summed E-state index contributed by atoms with van der Waals surface area (Å²) in [4.78, 5) is 4.66. The van der Waals surface area contributed by atoms with Crippen molar-refractivity contribution in [3.8, 4) is 6.07 Å². The van der Waals surface area contributed by atoms with E-state index in [0.717, 1.165) is 17.8 Å². The third-order valence-electron chi connectivity index (χ3n) is 3.57. The highest BCUT2D eigenvalue weighted by atomic mass is 15.2. The summed E-state index contributed by atoms with van der Waals surface area (Å²) in [6, 6.07) is 10.6. The van der Waals surface area contributed by atoms with Gasteiger partial charge in [0.15, 0.2) is 0 Å². The number of nitriles is 1. The van der Waals surface area contributed by atoms with Crippen LogP contribution < -0.4 is 4.90 Å². The van der Waals surface area contributed by atoms with Crippen LogP contribution in [0.4, 0.5) is 5.69 Å². The Morgan fingerprint density at radius 3 is 3.00 bits per heavy atom. The van der Waals surface area contributed by atoms with Crippen molar-refractivity contribution in [1.29, 1.82) is 5.26 Å². The number of rotatable bonds is 3. The molecule has 1 aliphatic heterocycles. The van der Waals surface area contributed by atoms with Crippen LogP contribution in [0, 0.1) is 11.3 Å². The summed E-state index contributed by atoms with van der Waals surface area (Å²) >= 11 is 0. The highest BCUT2D eigenvalue weighted by molar-refractivity contribution is 5.51. The molecule has 1 unspecified atom stereocenters. The molecule has 0 aromatic heterocycles. The van der Waals surface area contributed by atoms with E-state index in [4.69, 9.17) is 5.26 Å². The van der Waals surface area contributed by atoms with Crippen LogP contribution in [0.15, 0.2) is 24.3 Å². The van der Waals surface area contributed by atoms with Gasteiger partial charge in [0.25, 0.3) is 0 Å². The lowest BCUT2D eigenvalue weighted by atomic mass is 10.1. The molecule has 1 aliphatic rings. The summed E-state index contributed by atoms with van der Waals surface area (Å²) in [7, 11) is 4.29. The minimum absolute atomic E-state index is 0.644. The predicted molar refractivity (Wildman–Crippen MR) is 70.1 cm³/mol. The van der Waals surface area contributed by atoms with Gasteiger partial charge >= 0.3 is 0 Å². The number of likely N-dealkylation sites (tertiary alicyclic amines) is 1. The van der Waals surface area contributed by atoms with E-state index in [1.807, 2.05) is 18.2 Å². The molecule has 3 nitrogen and oxygen atoms in total. The van der Waals surface area contributed by atoms with Crippen LogP contribution in [0.2, 0.25) is 0 Å². The Morgan fingerprint density at radius 2 is 2.35 bits per heavy atom. The second-order valence-electron chi connectivity index (χ2n) is 4.82. The maximum absolute atomic E-state index is 8.89. The molecule has 0 radical (unpaired) electrons. The van der Waals surface area contributed by atoms with Gasteiger partial charge in [-0.1, -0.05) is 6.07 Å². The molecule has 2 rings (SSSR count). The van der Waals surface area contributed by atoms with Crippen molar-refractivity contribution in [3.63, 3.8) is 0 Å². The van der Waals surface area contributed by atoms with Crippen molar-refractivity contribution in [2.45, 2.75) is 18.9 Å². The van der Waals surface area contributed by atoms with Gasteiger partial charge in [-0.3, -0.25) is 0 Å². The lowest BCUT2D eigenvalue weighted by Crippen LogP contribution is -2.36. The topological polar surface area (TPSA) is 30.3 Å². The van der Waals surface area contributed by atoms with Crippen molar-refractivity contribution >= 4 is 5.69 Å². The number of benzene rings is 1. The van der Waals surface area contributed by atoms with Crippen LogP contribution >= 0.6 is 0 Å². The summed E-state index contributed by atoms with van der Waals surface area (Å²) in [6.07, 6.45) is 2.58. The average molecular weight is 229 g/mol. The maximum atomic E-state index is 8.89. The van der Waals surface area contributed by atoms with E-state index in [-0.39, 0.29) is 0 Å². The van der Waals surface area contributed by atoms with Gasteiger partial charge in [0.1, 0.15) is 0 Å². The Labute approximate surface area is 103 Å². The minimum atomic E-state index is 0.644. The standard InChI is InChI=1S/C14H19N3/c1-16-8-4-7-14(16)11-17(2)13-6-3-5-12(9-13)10-15/h3,5-6,9,14H,4,7-8,11H2,1-2H3. The largest absolute Gasteiger partial charge is 0.373 e. The molecule has 1 atom stereocenters. The normalized spacial score (nSPS) is 20.2. The third kappa shape index (κ3) is 2.78. The fourth-order valence-electron chi connectivity index (χ4n) is 2.44. The van der Waals surface area contributed by atoms with Crippen LogP contribution in [-0.2, 0) is 0 Å². The Balaban J connectivity index is 2.04. The van der Waals surface area contributed by atoms with Crippen molar-refractivity contribution in [1.82, 2.24) is 4.90 Å². The molecule has 1 aromatic carbocycles. The first-order valence-corrected chi connectivity index (χ1v) is 6.12. The average Bonchev–Trinajstić information content (AvgIpc) is 2.75. The zero-order chi connectivity index (χ0) is 12.3. The van der Waals surface area contributed by atoms with E-state index in [9.17, 15) is 0 Å². The smallest absolute Gasteiger partial charge is 0.0992 e. The molecule has 1 heterocycles. The summed E-state index contributed by atoms with van der Waals surface area (Å²) in [6.45, 7) is 2.24. The maximum Gasteiger partial charge on any atom is 0.0992 e. The fourth-order valence-corrected chi connectivity index (χ4v) is 2.44. The number of anilines is 1. The van der Waals surface area contributed by atoms with Gasteiger partial charge in [0.2, 0.25) is 0 Å². The van der Waals surface area contributed by atoms with Gasteiger partial charge in [-0.2, -0.15) is 5.26 Å². The van der Waals surface area contributed by atoms with Crippen molar-refractivity contribution in [3.05, 3.63) is 29.8 Å². The lowest BCUT2D eigenvalue weighted by Gasteiger charge is -2.27. The Kier molecular flexibility index (Phi) is 3.65. The Bertz CT molecular complexity index is 422. The van der Waals surface area contributed by atoms with Crippen molar-refractivity contribution < 1.29 is 0 Å². The number of hydrogen-bond donors (Lipinski definition) is 0. The van der Waals surface area contributed by atoms with Gasteiger partial charge in [0.05, 0.1) is 11.6 Å². The molecule has 0 N–H and O–H groups in total. The first-order chi connectivity index (χ1) is 8.20. The molecular formula is C14H19N3. The highest BCUT2D eigenvalue weighted by Crippen LogP contribution is 2.19. The summed E-state index contributed by atoms with van der Waals surface area (Å²) in [5.74, 6) is 0. The first kappa shape index (κ1) is 11.9. The van der Waals surface area contributed by atoms with Crippen LogP contribution in [-0.4, -0.2) is 38.1 Å². The highest BCUT2D eigenvalue weighted by Gasteiger charge is 2.22. The molecule has 0 spiro atoms. The number of likely N-dealkylation sites (N-methyl/N-ethyl adjacent to an activating group) is 2. The Morgan fingerprint density at radius 1 is 1.53 bits per heavy atom.